The van der Waals surface area contributed by atoms with E-state index in [9.17, 15) is 0 Å². The summed E-state index contributed by atoms with van der Waals surface area (Å²) in [5, 5.41) is 0. The van der Waals surface area contributed by atoms with Gasteiger partial charge in [0, 0.05) is 31.2 Å². The fraction of sp³-hybridized carbons (Fsp3) is 0.0800. The van der Waals surface area contributed by atoms with Crippen molar-refractivity contribution in [2.24, 2.45) is 0 Å². The van der Waals surface area contributed by atoms with E-state index in [1.807, 2.05) is 18.5 Å². The number of benzene rings is 3. The summed E-state index contributed by atoms with van der Waals surface area (Å²) in [4.78, 5) is 6.54. The smallest absolute Gasteiger partial charge is 0.0433 e. The van der Waals surface area contributed by atoms with Gasteiger partial charge in [0.15, 0.2) is 0 Å². The molecule has 1 heterocycles. The average molecular weight is 350 g/mol. The molecule has 0 spiro atoms. The van der Waals surface area contributed by atoms with Gasteiger partial charge in [-0.15, -0.1) is 0 Å². The molecule has 0 saturated heterocycles. The van der Waals surface area contributed by atoms with E-state index in [4.69, 9.17) is 0 Å². The number of hydrogen-bond acceptors (Lipinski definition) is 2. The third-order valence-corrected chi connectivity index (χ3v) is 4.68. The first-order valence-corrected chi connectivity index (χ1v) is 9.22. The molecule has 0 saturated carbocycles. The second-order valence-corrected chi connectivity index (χ2v) is 6.61. The minimum atomic E-state index is 0.855. The van der Waals surface area contributed by atoms with Crippen LogP contribution < -0.4 is 4.90 Å². The Morgan fingerprint density at radius 3 is 1.67 bits per heavy atom. The molecule has 0 bridgehead atoms. The van der Waals surface area contributed by atoms with Crippen LogP contribution in [0.15, 0.2) is 109 Å². The predicted octanol–water partition coefficient (Wildman–Crippen LogP) is 5.96. The van der Waals surface area contributed by atoms with E-state index >= 15 is 0 Å². The fourth-order valence-corrected chi connectivity index (χ4v) is 3.25. The Morgan fingerprint density at radius 2 is 1.04 bits per heavy atom. The van der Waals surface area contributed by atoms with Crippen molar-refractivity contribution in [3.63, 3.8) is 0 Å². The van der Waals surface area contributed by atoms with Gasteiger partial charge in [-0.05, 0) is 34.4 Å². The summed E-state index contributed by atoms with van der Waals surface area (Å²) in [6, 6.07) is 34.1. The van der Waals surface area contributed by atoms with Crippen molar-refractivity contribution in [2.45, 2.75) is 13.1 Å². The van der Waals surface area contributed by atoms with E-state index in [0.29, 0.717) is 0 Å². The highest BCUT2D eigenvalue weighted by Crippen LogP contribution is 2.22. The number of aromatic nitrogens is 1. The predicted molar refractivity (Wildman–Crippen MR) is 112 cm³/mol. The van der Waals surface area contributed by atoms with Gasteiger partial charge in [0.1, 0.15) is 0 Å². The highest BCUT2D eigenvalue weighted by molar-refractivity contribution is 5.63. The first kappa shape index (κ1) is 17.0. The van der Waals surface area contributed by atoms with E-state index in [1.54, 1.807) is 0 Å². The molecule has 0 atom stereocenters. The lowest BCUT2D eigenvalue weighted by molar-refractivity contribution is 0.799. The fourth-order valence-electron chi connectivity index (χ4n) is 3.25. The lowest BCUT2D eigenvalue weighted by Crippen LogP contribution is -2.22. The molecule has 132 valence electrons. The molecule has 0 radical (unpaired) electrons. The third kappa shape index (κ3) is 4.42. The zero-order valence-corrected chi connectivity index (χ0v) is 15.2. The Balaban J connectivity index is 1.56. The maximum atomic E-state index is 4.16. The van der Waals surface area contributed by atoms with Crippen LogP contribution in [0.25, 0.3) is 11.1 Å². The maximum Gasteiger partial charge on any atom is 0.0433 e. The Hall–Kier alpha value is -3.39. The van der Waals surface area contributed by atoms with Crippen molar-refractivity contribution in [3.8, 4) is 11.1 Å². The van der Waals surface area contributed by atoms with Crippen molar-refractivity contribution in [2.75, 3.05) is 4.90 Å². The van der Waals surface area contributed by atoms with Crippen molar-refractivity contribution in [1.29, 1.82) is 0 Å². The van der Waals surface area contributed by atoms with Crippen molar-refractivity contribution >= 4 is 5.69 Å². The van der Waals surface area contributed by atoms with E-state index in [-0.39, 0.29) is 0 Å². The van der Waals surface area contributed by atoms with Crippen molar-refractivity contribution in [1.82, 2.24) is 4.98 Å². The SMILES string of the molecule is c1ccc(CN(Cc2ccc(-c3ccccc3)cc2)c2ccncc2)cc1. The number of anilines is 1. The zero-order valence-electron chi connectivity index (χ0n) is 15.2. The zero-order chi connectivity index (χ0) is 18.3. The van der Waals surface area contributed by atoms with Crippen LogP contribution in [0, 0.1) is 0 Å². The Labute approximate surface area is 160 Å². The van der Waals surface area contributed by atoms with Gasteiger partial charge in [-0.2, -0.15) is 0 Å². The molecule has 2 nitrogen and oxygen atoms in total. The van der Waals surface area contributed by atoms with Gasteiger partial charge in [0.2, 0.25) is 0 Å². The van der Waals surface area contributed by atoms with Crippen LogP contribution in [-0.4, -0.2) is 4.98 Å². The third-order valence-electron chi connectivity index (χ3n) is 4.68. The minimum absolute atomic E-state index is 0.855. The van der Waals surface area contributed by atoms with Crippen LogP contribution in [0.1, 0.15) is 11.1 Å². The summed E-state index contributed by atoms with van der Waals surface area (Å²) in [6.45, 7) is 1.72. The quantitative estimate of drug-likeness (QED) is 0.427. The molecule has 0 aliphatic carbocycles. The van der Waals surface area contributed by atoms with Crippen LogP contribution in [0.3, 0.4) is 0 Å². The standard InChI is InChI=1S/C25H22N2/c1-3-7-21(8-4-1)19-27(25-15-17-26-18-16-25)20-22-11-13-24(14-12-22)23-9-5-2-6-10-23/h1-18H,19-20H2. The Morgan fingerprint density at radius 1 is 0.519 bits per heavy atom. The topological polar surface area (TPSA) is 16.1 Å². The van der Waals surface area contributed by atoms with Gasteiger partial charge in [-0.25, -0.2) is 0 Å². The second-order valence-electron chi connectivity index (χ2n) is 6.61. The molecule has 0 fully saturated rings. The summed E-state index contributed by atoms with van der Waals surface area (Å²) in [5.74, 6) is 0. The lowest BCUT2D eigenvalue weighted by atomic mass is 10.0. The Bertz CT molecular complexity index is 949. The van der Waals surface area contributed by atoms with Gasteiger partial charge in [-0.3, -0.25) is 4.98 Å². The van der Waals surface area contributed by atoms with E-state index < -0.39 is 0 Å². The van der Waals surface area contributed by atoms with Gasteiger partial charge < -0.3 is 4.90 Å². The molecular formula is C25H22N2. The van der Waals surface area contributed by atoms with Gasteiger partial charge >= 0.3 is 0 Å². The highest BCUT2D eigenvalue weighted by atomic mass is 15.1. The molecule has 27 heavy (non-hydrogen) atoms. The van der Waals surface area contributed by atoms with Crippen LogP contribution in [0.2, 0.25) is 0 Å². The second kappa shape index (κ2) is 8.33. The molecule has 0 aliphatic heterocycles. The van der Waals surface area contributed by atoms with Crippen molar-refractivity contribution in [3.05, 3.63) is 121 Å². The molecule has 4 aromatic rings. The first-order chi connectivity index (χ1) is 13.4. The number of rotatable bonds is 6. The molecule has 1 aromatic heterocycles. The van der Waals surface area contributed by atoms with E-state index in [0.717, 1.165) is 13.1 Å². The molecule has 2 heteroatoms. The lowest BCUT2D eigenvalue weighted by Gasteiger charge is -2.25. The summed E-state index contributed by atoms with van der Waals surface area (Å²) in [5.41, 5.74) is 6.27. The molecule has 4 rings (SSSR count). The van der Waals surface area contributed by atoms with Gasteiger partial charge in [0.25, 0.3) is 0 Å². The molecule has 0 unspecified atom stereocenters. The van der Waals surface area contributed by atoms with Gasteiger partial charge in [-0.1, -0.05) is 84.9 Å². The molecule has 0 amide bonds. The van der Waals surface area contributed by atoms with Crippen LogP contribution in [0.5, 0.6) is 0 Å². The monoisotopic (exact) mass is 350 g/mol. The summed E-state index contributed by atoms with van der Waals surface area (Å²) in [6.07, 6.45) is 3.71. The normalized spacial score (nSPS) is 10.5. The summed E-state index contributed by atoms with van der Waals surface area (Å²) in [7, 11) is 0. The average Bonchev–Trinajstić information content (AvgIpc) is 2.76. The molecular weight excluding hydrogens is 328 g/mol. The largest absolute Gasteiger partial charge is 0.363 e. The maximum absolute atomic E-state index is 4.16. The van der Waals surface area contributed by atoms with E-state index in [1.165, 1.54) is 27.9 Å². The summed E-state index contributed by atoms with van der Waals surface area (Å²) >= 11 is 0. The molecule has 3 aromatic carbocycles. The highest BCUT2D eigenvalue weighted by Gasteiger charge is 2.09. The van der Waals surface area contributed by atoms with Crippen LogP contribution in [0.4, 0.5) is 5.69 Å². The van der Waals surface area contributed by atoms with Gasteiger partial charge in [0.05, 0.1) is 0 Å². The summed E-state index contributed by atoms with van der Waals surface area (Å²) < 4.78 is 0. The van der Waals surface area contributed by atoms with Crippen LogP contribution >= 0.6 is 0 Å². The minimum Gasteiger partial charge on any atom is -0.363 e. The number of hydrogen-bond donors (Lipinski definition) is 0. The van der Waals surface area contributed by atoms with Crippen LogP contribution in [-0.2, 0) is 13.1 Å². The molecule has 0 N–H and O–H groups in total. The first-order valence-electron chi connectivity index (χ1n) is 9.22. The molecule has 0 aliphatic rings. The number of nitrogens with zero attached hydrogens (tertiary/aromatic N) is 2. The van der Waals surface area contributed by atoms with E-state index in [2.05, 4.69) is 101 Å². The Kier molecular flexibility index (Phi) is 5.26. The number of pyridine rings is 1. The van der Waals surface area contributed by atoms with Crippen molar-refractivity contribution < 1.29 is 0 Å².